The lowest BCUT2D eigenvalue weighted by atomic mass is 10.2. The normalized spacial score (nSPS) is 11.4. The number of amides is 2. The van der Waals surface area contributed by atoms with Gasteiger partial charge in [-0.1, -0.05) is 17.7 Å². The highest BCUT2D eigenvalue weighted by Crippen LogP contribution is 2.28. The first-order chi connectivity index (χ1) is 15.4. The minimum Gasteiger partial charge on any atom is -0.497 e. The zero-order valence-electron chi connectivity index (χ0n) is 17.8. The first kappa shape index (κ1) is 23.5. The molecule has 0 saturated heterocycles. The molecule has 3 aromatic rings. The molecule has 2 N–H and O–H groups in total. The number of ether oxygens (including phenoxy) is 2. The molecule has 0 saturated carbocycles. The Bertz CT molecular complexity index is 1080. The predicted molar refractivity (Wildman–Crippen MR) is 129 cm³/mol. The van der Waals surface area contributed by atoms with E-state index in [2.05, 4.69) is 10.6 Å². The smallest absolute Gasteiger partial charge is 0.255 e. The van der Waals surface area contributed by atoms with E-state index >= 15 is 0 Å². The SMILES string of the molecule is COc1cc(NC(=O)C(C)Sc2ccc(NC(=O)c3cccc(Cl)c3)cc2)cc(OC)c1. The third kappa shape index (κ3) is 6.42. The van der Waals surface area contributed by atoms with Crippen LogP contribution in [0.1, 0.15) is 17.3 Å². The van der Waals surface area contributed by atoms with Crippen molar-refractivity contribution in [3.8, 4) is 11.5 Å². The van der Waals surface area contributed by atoms with Crippen molar-refractivity contribution in [3.05, 3.63) is 77.3 Å². The molecule has 1 atom stereocenters. The molecule has 0 bridgehead atoms. The van der Waals surface area contributed by atoms with Gasteiger partial charge in [-0.3, -0.25) is 9.59 Å². The molecule has 166 valence electrons. The summed E-state index contributed by atoms with van der Waals surface area (Å²) in [5, 5.41) is 5.87. The van der Waals surface area contributed by atoms with Gasteiger partial charge in [-0.2, -0.15) is 0 Å². The van der Waals surface area contributed by atoms with Crippen LogP contribution in [0.15, 0.2) is 71.6 Å². The minimum atomic E-state index is -0.348. The van der Waals surface area contributed by atoms with Crippen LogP contribution in [0.5, 0.6) is 11.5 Å². The Hall–Kier alpha value is -3.16. The minimum absolute atomic E-state index is 0.149. The fourth-order valence-electron chi connectivity index (χ4n) is 2.83. The summed E-state index contributed by atoms with van der Waals surface area (Å²) in [6.45, 7) is 1.83. The van der Waals surface area contributed by atoms with E-state index in [1.807, 2.05) is 19.1 Å². The van der Waals surface area contributed by atoms with E-state index in [0.717, 1.165) is 4.90 Å². The lowest BCUT2D eigenvalue weighted by Crippen LogP contribution is -2.22. The van der Waals surface area contributed by atoms with Gasteiger partial charge in [0, 0.05) is 45.1 Å². The molecule has 3 rings (SSSR count). The van der Waals surface area contributed by atoms with Crippen LogP contribution < -0.4 is 20.1 Å². The van der Waals surface area contributed by atoms with E-state index in [-0.39, 0.29) is 17.1 Å². The van der Waals surface area contributed by atoms with Crippen molar-refractivity contribution < 1.29 is 19.1 Å². The number of carbonyl (C=O) groups is 2. The largest absolute Gasteiger partial charge is 0.497 e. The van der Waals surface area contributed by atoms with Crippen molar-refractivity contribution in [3.63, 3.8) is 0 Å². The molecule has 32 heavy (non-hydrogen) atoms. The van der Waals surface area contributed by atoms with Gasteiger partial charge in [-0.15, -0.1) is 11.8 Å². The van der Waals surface area contributed by atoms with Crippen LogP contribution in [0.25, 0.3) is 0 Å². The Morgan fingerprint density at radius 1 is 0.875 bits per heavy atom. The van der Waals surface area contributed by atoms with E-state index in [1.165, 1.54) is 11.8 Å². The number of nitrogens with one attached hydrogen (secondary N) is 2. The third-order valence-corrected chi connectivity index (χ3v) is 5.85. The van der Waals surface area contributed by atoms with E-state index in [0.29, 0.717) is 33.5 Å². The molecule has 3 aromatic carbocycles. The number of hydrogen-bond acceptors (Lipinski definition) is 5. The first-order valence-electron chi connectivity index (χ1n) is 9.75. The van der Waals surface area contributed by atoms with Gasteiger partial charge in [-0.25, -0.2) is 0 Å². The molecule has 0 radical (unpaired) electrons. The maximum absolute atomic E-state index is 12.6. The molecule has 0 spiro atoms. The number of carbonyl (C=O) groups excluding carboxylic acids is 2. The summed E-state index contributed by atoms with van der Waals surface area (Å²) < 4.78 is 10.5. The molecule has 6 nitrogen and oxygen atoms in total. The van der Waals surface area contributed by atoms with Crippen LogP contribution in [0.2, 0.25) is 5.02 Å². The number of hydrogen-bond donors (Lipinski definition) is 2. The molecule has 0 aliphatic carbocycles. The monoisotopic (exact) mass is 470 g/mol. The zero-order valence-corrected chi connectivity index (χ0v) is 19.4. The van der Waals surface area contributed by atoms with Crippen molar-refractivity contribution in [2.24, 2.45) is 0 Å². The zero-order chi connectivity index (χ0) is 23.1. The highest BCUT2D eigenvalue weighted by molar-refractivity contribution is 8.00. The fourth-order valence-corrected chi connectivity index (χ4v) is 3.89. The maximum atomic E-state index is 12.6. The van der Waals surface area contributed by atoms with Gasteiger partial charge in [-0.05, 0) is 49.4 Å². The Labute approximate surface area is 196 Å². The van der Waals surface area contributed by atoms with Crippen LogP contribution in [0, 0.1) is 0 Å². The summed E-state index contributed by atoms with van der Waals surface area (Å²) >= 11 is 7.35. The molecule has 0 aliphatic heterocycles. The first-order valence-corrected chi connectivity index (χ1v) is 11.0. The lowest BCUT2D eigenvalue weighted by molar-refractivity contribution is -0.115. The number of rotatable bonds is 8. The molecule has 8 heteroatoms. The summed E-state index contributed by atoms with van der Waals surface area (Å²) in [5.41, 5.74) is 1.73. The Morgan fingerprint density at radius 3 is 2.12 bits per heavy atom. The Morgan fingerprint density at radius 2 is 1.53 bits per heavy atom. The molecular weight excluding hydrogens is 448 g/mol. The molecule has 0 aromatic heterocycles. The van der Waals surface area contributed by atoms with E-state index in [9.17, 15) is 9.59 Å². The van der Waals surface area contributed by atoms with Gasteiger partial charge in [0.1, 0.15) is 11.5 Å². The summed E-state index contributed by atoms with van der Waals surface area (Å²) in [6.07, 6.45) is 0. The van der Waals surface area contributed by atoms with Crippen molar-refractivity contribution >= 4 is 46.6 Å². The van der Waals surface area contributed by atoms with Gasteiger partial charge in [0.05, 0.1) is 19.5 Å². The van der Waals surface area contributed by atoms with Crippen LogP contribution in [-0.2, 0) is 4.79 Å². The number of thioether (sulfide) groups is 1. The molecule has 0 fully saturated rings. The Kier molecular flexibility index (Phi) is 8.03. The van der Waals surface area contributed by atoms with Gasteiger partial charge >= 0.3 is 0 Å². The predicted octanol–water partition coefficient (Wildman–Crippen LogP) is 5.73. The van der Waals surface area contributed by atoms with Gasteiger partial charge < -0.3 is 20.1 Å². The van der Waals surface area contributed by atoms with Crippen molar-refractivity contribution in [1.29, 1.82) is 0 Å². The Balaban J connectivity index is 1.59. The van der Waals surface area contributed by atoms with Crippen molar-refractivity contribution in [2.75, 3.05) is 24.9 Å². The summed E-state index contributed by atoms with van der Waals surface area (Å²) in [6, 6.07) is 19.3. The summed E-state index contributed by atoms with van der Waals surface area (Å²) in [4.78, 5) is 25.9. The second-order valence-corrected chi connectivity index (χ2v) is 8.69. The maximum Gasteiger partial charge on any atom is 0.255 e. The van der Waals surface area contributed by atoms with Gasteiger partial charge in [0.2, 0.25) is 5.91 Å². The number of benzene rings is 3. The molecule has 0 heterocycles. The number of halogens is 1. The number of methoxy groups -OCH3 is 2. The van der Waals surface area contributed by atoms with Crippen LogP contribution >= 0.6 is 23.4 Å². The lowest BCUT2D eigenvalue weighted by Gasteiger charge is -2.14. The molecular formula is C24H23ClN2O4S. The topological polar surface area (TPSA) is 76.7 Å². The van der Waals surface area contributed by atoms with Crippen molar-refractivity contribution in [1.82, 2.24) is 0 Å². The van der Waals surface area contributed by atoms with Gasteiger partial charge in [0.25, 0.3) is 5.91 Å². The molecule has 1 unspecified atom stereocenters. The van der Waals surface area contributed by atoms with Crippen LogP contribution in [-0.4, -0.2) is 31.3 Å². The average molecular weight is 471 g/mol. The van der Waals surface area contributed by atoms with E-state index in [4.69, 9.17) is 21.1 Å². The highest BCUT2D eigenvalue weighted by Gasteiger charge is 2.16. The second-order valence-electron chi connectivity index (χ2n) is 6.84. The average Bonchev–Trinajstić information content (AvgIpc) is 2.79. The van der Waals surface area contributed by atoms with Gasteiger partial charge in [0.15, 0.2) is 0 Å². The summed E-state index contributed by atoms with van der Waals surface area (Å²) in [5.74, 6) is 0.795. The van der Waals surface area contributed by atoms with Crippen molar-refractivity contribution in [2.45, 2.75) is 17.1 Å². The van der Waals surface area contributed by atoms with Crippen LogP contribution in [0.3, 0.4) is 0 Å². The summed E-state index contributed by atoms with van der Waals surface area (Å²) in [7, 11) is 3.11. The second kappa shape index (κ2) is 10.9. The highest BCUT2D eigenvalue weighted by atomic mass is 35.5. The number of anilines is 2. The third-order valence-electron chi connectivity index (χ3n) is 4.50. The molecule has 2 amide bonds. The fraction of sp³-hybridized carbons (Fsp3) is 0.167. The molecule has 0 aliphatic rings. The van der Waals surface area contributed by atoms with E-state index < -0.39 is 0 Å². The van der Waals surface area contributed by atoms with E-state index in [1.54, 1.807) is 68.8 Å². The van der Waals surface area contributed by atoms with Crippen LogP contribution in [0.4, 0.5) is 11.4 Å². The quantitative estimate of drug-likeness (QED) is 0.411. The standard InChI is InChI=1S/C24H23ClN2O4S/c1-15(23(28)27-19-12-20(30-2)14-21(13-19)31-3)32-22-9-7-18(8-10-22)26-24(29)16-5-4-6-17(25)11-16/h4-15H,1-3H3,(H,26,29)(H,27,28).